The first kappa shape index (κ1) is 13.8. The average Bonchev–Trinajstić information content (AvgIpc) is 2.45. The number of aryl methyl sites for hydroxylation is 1. The Kier molecular flexibility index (Phi) is 4.50. The van der Waals surface area contributed by atoms with Crippen LogP contribution in [0.5, 0.6) is 5.75 Å². The maximum Gasteiger partial charge on any atom is 0.256 e. The first-order chi connectivity index (χ1) is 9.69. The Labute approximate surface area is 118 Å². The Balaban J connectivity index is 2.03. The Bertz CT molecular complexity index is 606. The van der Waals surface area contributed by atoms with Crippen molar-refractivity contribution in [2.75, 3.05) is 11.9 Å². The molecule has 1 aromatic heterocycles. The summed E-state index contributed by atoms with van der Waals surface area (Å²) in [6, 6.07) is 10.6. The van der Waals surface area contributed by atoms with Gasteiger partial charge in [-0.05, 0) is 48.9 Å². The first-order valence-electron chi connectivity index (χ1n) is 6.27. The molecule has 1 N–H and O–H groups in total. The Morgan fingerprint density at radius 3 is 2.75 bits per heavy atom. The van der Waals surface area contributed by atoms with Gasteiger partial charge < -0.3 is 10.1 Å². The van der Waals surface area contributed by atoms with E-state index in [-0.39, 0.29) is 5.91 Å². The minimum atomic E-state index is -0.196. The molecule has 2 aromatic rings. The first-order valence-corrected chi connectivity index (χ1v) is 6.27. The van der Waals surface area contributed by atoms with Gasteiger partial charge in [-0.2, -0.15) is 0 Å². The molecular formula is C16H16N2O2. The van der Waals surface area contributed by atoms with Crippen LogP contribution in [-0.2, 0) is 0 Å². The van der Waals surface area contributed by atoms with Gasteiger partial charge in [0.25, 0.3) is 5.91 Å². The second kappa shape index (κ2) is 6.52. The van der Waals surface area contributed by atoms with Crippen LogP contribution in [0.1, 0.15) is 15.9 Å². The molecule has 0 atom stereocenters. The zero-order chi connectivity index (χ0) is 14.4. The number of pyridine rings is 1. The molecule has 1 aromatic carbocycles. The molecule has 0 saturated heterocycles. The van der Waals surface area contributed by atoms with E-state index in [4.69, 9.17) is 4.74 Å². The van der Waals surface area contributed by atoms with Crippen LogP contribution in [0.4, 0.5) is 5.82 Å². The molecule has 0 aliphatic rings. The number of amides is 1. The summed E-state index contributed by atoms with van der Waals surface area (Å²) in [6.07, 6.45) is 3.33. The predicted molar refractivity (Wildman–Crippen MR) is 79.1 cm³/mol. The summed E-state index contributed by atoms with van der Waals surface area (Å²) in [6.45, 7) is 5.97. The number of benzene rings is 1. The average molecular weight is 268 g/mol. The second-order valence-electron chi connectivity index (χ2n) is 4.30. The van der Waals surface area contributed by atoms with Crippen molar-refractivity contribution in [1.29, 1.82) is 0 Å². The van der Waals surface area contributed by atoms with Gasteiger partial charge >= 0.3 is 0 Å². The number of carbonyl (C=O) groups excluding carboxylic acids is 1. The molecule has 20 heavy (non-hydrogen) atoms. The highest BCUT2D eigenvalue weighted by atomic mass is 16.5. The lowest BCUT2D eigenvalue weighted by Gasteiger charge is -2.06. The largest absolute Gasteiger partial charge is 0.490 e. The maximum absolute atomic E-state index is 12.0. The van der Waals surface area contributed by atoms with E-state index in [2.05, 4.69) is 16.9 Å². The number of nitrogens with zero attached hydrogens (tertiary/aromatic N) is 1. The minimum absolute atomic E-state index is 0.196. The Hall–Kier alpha value is -2.62. The molecule has 102 valence electrons. The van der Waals surface area contributed by atoms with Crippen molar-refractivity contribution in [2.24, 2.45) is 0 Å². The standard InChI is InChI=1S/C16H16N2O2/c1-3-10-20-14-6-4-13(5-7-14)16(19)18-15-11-12(2)8-9-17-15/h3-9,11H,1,10H2,2H3,(H,17,18,19). The van der Waals surface area contributed by atoms with Crippen LogP contribution >= 0.6 is 0 Å². The highest BCUT2D eigenvalue weighted by molar-refractivity contribution is 6.03. The zero-order valence-corrected chi connectivity index (χ0v) is 11.3. The summed E-state index contributed by atoms with van der Waals surface area (Å²) < 4.78 is 5.36. The van der Waals surface area contributed by atoms with Crippen molar-refractivity contribution < 1.29 is 9.53 Å². The SMILES string of the molecule is C=CCOc1ccc(C(=O)Nc2cc(C)ccn2)cc1. The number of rotatable bonds is 5. The molecule has 0 aliphatic heterocycles. The number of aromatic nitrogens is 1. The van der Waals surface area contributed by atoms with Gasteiger partial charge in [-0.3, -0.25) is 4.79 Å². The van der Waals surface area contributed by atoms with E-state index in [1.165, 1.54) is 0 Å². The van der Waals surface area contributed by atoms with Crippen LogP contribution in [0.3, 0.4) is 0 Å². The fraction of sp³-hybridized carbons (Fsp3) is 0.125. The van der Waals surface area contributed by atoms with Gasteiger partial charge in [-0.1, -0.05) is 12.7 Å². The summed E-state index contributed by atoms with van der Waals surface area (Å²) >= 11 is 0. The van der Waals surface area contributed by atoms with Crippen LogP contribution in [-0.4, -0.2) is 17.5 Å². The third-order valence-electron chi connectivity index (χ3n) is 2.64. The van der Waals surface area contributed by atoms with Crippen molar-refractivity contribution >= 4 is 11.7 Å². The van der Waals surface area contributed by atoms with E-state index in [9.17, 15) is 4.79 Å². The third-order valence-corrected chi connectivity index (χ3v) is 2.64. The van der Waals surface area contributed by atoms with Crippen molar-refractivity contribution in [3.05, 3.63) is 66.4 Å². The maximum atomic E-state index is 12.0. The highest BCUT2D eigenvalue weighted by Crippen LogP contribution is 2.14. The van der Waals surface area contributed by atoms with Crippen LogP contribution < -0.4 is 10.1 Å². The van der Waals surface area contributed by atoms with Gasteiger partial charge in [0, 0.05) is 11.8 Å². The van der Waals surface area contributed by atoms with Crippen LogP contribution in [0, 0.1) is 6.92 Å². The monoisotopic (exact) mass is 268 g/mol. The number of carbonyl (C=O) groups is 1. The molecule has 0 saturated carbocycles. The van der Waals surface area contributed by atoms with Crippen LogP contribution in [0.25, 0.3) is 0 Å². The number of ether oxygens (including phenoxy) is 1. The van der Waals surface area contributed by atoms with E-state index in [0.29, 0.717) is 23.7 Å². The number of nitrogens with one attached hydrogen (secondary N) is 1. The van der Waals surface area contributed by atoms with E-state index >= 15 is 0 Å². The van der Waals surface area contributed by atoms with Crippen LogP contribution in [0.15, 0.2) is 55.3 Å². The van der Waals surface area contributed by atoms with E-state index in [1.807, 2.05) is 19.1 Å². The smallest absolute Gasteiger partial charge is 0.256 e. The molecule has 4 heteroatoms. The van der Waals surface area contributed by atoms with Gasteiger partial charge in [-0.25, -0.2) is 4.98 Å². The van der Waals surface area contributed by atoms with Gasteiger partial charge in [0.05, 0.1) is 0 Å². The number of hydrogen-bond acceptors (Lipinski definition) is 3. The van der Waals surface area contributed by atoms with Crippen molar-refractivity contribution in [1.82, 2.24) is 4.98 Å². The lowest BCUT2D eigenvalue weighted by atomic mass is 10.2. The molecule has 4 nitrogen and oxygen atoms in total. The quantitative estimate of drug-likeness (QED) is 0.847. The van der Waals surface area contributed by atoms with Crippen molar-refractivity contribution in [3.63, 3.8) is 0 Å². The summed E-state index contributed by atoms with van der Waals surface area (Å²) in [5, 5.41) is 2.75. The summed E-state index contributed by atoms with van der Waals surface area (Å²) in [7, 11) is 0. The molecule has 0 radical (unpaired) electrons. The number of anilines is 1. The molecular weight excluding hydrogens is 252 g/mol. The van der Waals surface area contributed by atoms with Gasteiger partial charge in [0.1, 0.15) is 18.2 Å². The normalized spacial score (nSPS) is 9.85. The molecule has 1 amide bonds. The summed E-state index contributed by atoms with van der Waals surface area (Å²) in [5.41, 5.74) is 1.60. The fourth-order valence-corrected chi connectivity index (χ4v) is 1.65. The van der Waals surface area contributed by atoms with E-state index in [1.54, 1.807) is 36.5 Å². The second-order valence-corrected chi connectivity index (χ2v) is 4.30. The minimum Gasteiger partial charge on any atom is -0.490 e. The third kappa shape index (κ3) is 3.68. The zero-order valence-electron chi connectivity index (χ0n) is 11.3. The van der Waals surface area contributed by atoms with Crippen molar-refractivity contribution in [3.8, 4) is 5.75 Å². The van der Waals surface area contributed by atoms with Gasteiger partial charge in [-0.15, -0.1) is 0 Å². The lowest BCUT2D eigenvalue weighted by Crippen LogP contribution is -2.12. The molecule has 0 unspecified atom stereocenters. The van der Waals surface area contributed by atoms with E-state index < -0.39 is 0 Å². The lowest BCUT2D eigenvalue weighted by molar-refractivity contribution is 0.102. The van der Waals surface area contributed by atoms with Crippen LogP contribution in [0.2, 0.25) is 0 Å². The number of hydrogen-bond donors (Lipinski definition) is 1. The molecule has 0 spiro atoms. The Morgan fingerprint density at radius 2 is 2.10 bits per heavy atom. The van der Waals surface area contributed by atoms with Crippen molar-refractivity contribution in [2.45, 2.75) is 6.92 Å². The molecule has 1 heterocycles. The Morgan fingerprint density at radius 1 is 1.35 bits per heavy atom. The predicted octanol–water partition coefficient (Wildman–Crippen LogP) is 3.21. The molecule has 2 rings (SSSR count). The van der Waals surface area contributed by atoms with Gasteiger partial charge in [0.2, 0.25) is 0 Å². The summed E-state index contributed by atoms with van der Waals surface area (Å²) in [4.78, 5) is 16.1. The molecule has 0 aliphatic carbocycles. The fourth-order valence-electron chi connectivity index (χ4n) is 1.65. The van der Waals surface area contributed by atoms with E-state index in [0.717, 1.165) is 5.56 Å². The summed E-state index contributed by atoms with van der Waals surface area (Å²) in [5.74, 6) is 1.05. The highest BCUT2D eigenvalue weighted by Gasteiger charge is 2.06. The molecule has 0 bridgehead atoms. The van der Waals surface area contributed by atoms with Gasteiger partial charge in [0.15, 0.2) is 0 Å². The molecule has 0 fully saturated rings. The topological polar surface area (TPSA) is 51.2 Å².